The van der Waals surface area contributed by atoms with Gasteiger partial charge < -0.3 is 16.2 Å². The van der Waals surface area contributed by atoms with Gasteiger partial charge in [-0.3, -0.25) is 9.59 Å². The van der Waals surface area contributed by atoms with Crippen LogP contribution in [0.2, 0.25) is 0 Å². The molecule has 6 heteroatoms. The van der Waals surface area contributed by atoms with Crippen LogP contribution in [0.5, 0.6) is 0 Å². The third-order valence-electron chi connectivity index (χ3n) is 2.82. The van der Waals surface area contributed by atoms with E-state index >= 15 is 0 Å². The van der Waals surface area contributed by atoms with Crippen molar-refractivity contribution in [2.45, 2.75) is 26.8 Å². The Bertz CT molecular complexity index is 529. The standard InChI is InChI=1S/C14H18N2O4/c1-14(2,3)10(13(19)20)16-12(18)9-6-4-8(5-7-9)11(15)17/h4-7,10H,1-3H3,(H2,15,17)(H,16,18)(H,19,20). The van der Waals surface area contributed by atoms with E-state index in [-0.39, 0.29) is 11.1 Å². The van der Waals surface area contributed by atoms with Crippen molar-refractivity contribution in [3.05, 3.63) is 35.4 Å². The highest BCUT2D eigenvalue weighted by atomic mass is 16.4. The van der Waals surface area contributed by atoms with Gasteiger partial charge in [0.1, 0.15) is 6.04 Å². The van der Waals surface area contributed by atoms with Crippen molar-refractivity contribution in [2.24, 2.45) is 11.1 Å². The molecule has 1 aromatic rings. The van der Waals surface area contributed by atoms with Crippen LogP contribution in [0.15, 0.2) is 24.3 Å². The van der Waals surface area contributed by atoms with Gasteiger partial charge in [-0.2, -0.15) is 0 Å². The van der Waals surface area contributed by atoms with E-state index in [1.807, 2.05) is 0 Å². The Hall–Kier alpha value is -2.37. The Labute approximate surface area is 117 Å². The molecule has 108 valence electrons. The van der Waals surface area contributed by atoms with Crippen molar-refractivity contribution in [2.75, 3.05) is 0 Å². The zero-order valence-electron chi connectivity index (χ0n) is 11.6. The molecule has 4 N–H and O–H groups in total. The van der Waals surface area contributed by atoms with Crippen LogP contribution in [0.3, 0.4) is 0 Å². The number of primary amides is 1. The summed E-state index contributed by atoms with van der Waals surface area (Å²) < 4.78 is 0. The van der Waals surface area contributed by atoms with E-state index < -0.39 is 29.2 Å². The van der Waals surface area contributed by atoms with E-state index in [1.54, 1.807) is 20.8 Å². The highest BCUT2D eigenvalue weighted by Crippen LogP contribution is 2.20. The van der Waals surface area contributed by atoms with Crippen LogP contribution >= 0.6 is 0 Å². The maximum atomic E-state index is 12.0. The van der Waals surface area contributed by atoms with E-state index in [9.17, 15) is 14.4 Å². The second kappa shape index (κ2) is 5.73. The summed E-state index contributed by atoms with van der Waals surface area (Å²) >= 11 is 0. The molecule has 0 heterocycles. The fourth-order valence-electron chi connectivity index (χ4n) is 1.65. The zero-order chi connectivity index (χ0) is 15.5. The molecule has 0 fully saturated rings. The quantitative estimate of drug-likeness (QED) is 0.763. The molecule has 6 nitrogen and oxygen atoms in total. The average molecular weight is 278 g/mol. The summed E-state index contributed by atoms with van der Waals surface area (Å²) in [6, 6.07) is 4.69. The van der Waals surface area contributed by atoms with E-state index in [1.165, 1.54) is 24.3 Å². The molecule has 0 aliphatic rings. The van der Waals surface area contributed by atoms with E-state index in [4.69, 9.17) is 10.8 Å². The summed E-state index contributed by atoms with van der Waals surface area (Å²) in [4.78, 5) is 34.1. The molecule has 1 rings (SSSR count). The predicted octanol–water partition coefficient (Wildman–Crippen LogP) is 1.01. The molecule has 0 aliphatic carbocycles. The fraction of sp³-hybridized carbons (Fsp3) is 0.357. The maximum absolute atomic E-state index is 12.0. The molecule has 0 saturated heterocycles. The number of carboxylic acids is 1. The van der Waals surface area contributed by atoms with Crippen LogP contribution in [0.4, 0.5) is 0 Å². The van der Waals surface area contributed by atoms with Crippen molar-refractivity contribution < 1.29 is 19.5 Å². The number of carbonyl (C=O) groups is 3. The van der Waals surface area contributed by atoms with Crippen LogP contribution in [-0.4, -0.2) is 28.9 Å². The van der Waals surface area contributed by atoms with Gasteiger partial charge in [0, 0.05) is 11.1 Å². The number of aliphatic carboxylic acids is 1. The lowest BCUT2D eigenvalue weighted by Gasteiger charge is -2.27. The lowest BCUT2D eigenvalue weighted by atomic mass is 9.86. The average Bonchev–Trinajstić information content (AvgIpc) is 2.33. The lowest BCUT2D eigenvalue weighted by molar-refractivity contribution is -0.142. The lowest BCUT2D eigenvalue weighted by Crippen LogP contribution is -2.49. The molecule has 20 heavy (non-hydrogen) atoms. The summed E-state index contributed by atoms with van der Waals surface area (Å²) in [7, 11) is 0. The van der Waals surface area contributed by atoms with Crippen molar-refractivity contribution >= 4 is 17.8 Å². The second-order valence-corrected chi connectivity index (χ2v) is 5.55. The normalized spacial score (nSPS) is 12.6. The third kappa shape index (κ3) is 3.81. The van der Waals surface area contributed by atoms with E-state index in [0.29, 0.717) is 0 Å². The maximum Gasteiger partial charge on any atom is 0.326 e. The van der Waals surface area contributed by atoms with Crippen LogP contribution < -0.4 is 11.1 Å². The molecule has 0 aliphatic heterocycles. The first kappa shape index (κ1) is 15.7. The number of hydrogen-bond acceptors (Lipinski definition) is 3. The number of hydrogen-bond donors (Lipinski definition) is 3. The molecule has 0 saturated carbocycles. The number of rotatable bonds is 4. The smallest absolute Gasteiger partial charge is 0.326 e. The van der Waals surface area contributed by atoms with Crippen LogP contribution in [0.1, 0.15) is 41.5 Å². The van der Waals surface area contributed by atoms with Crippen LogP contribution in [0, 0.1) is 5.41 Å². The molecule has 1 atom stereocenters. The van der Waals surface area contributed by atoms with Gasteiger partial charge in [-0.1, -0.05) is 20.8 Å². The van der Waals surface area contributed by atoms with Crippen molar-refractivity contribution in [3.63, 3.8) is 0 Å². The topological polar surface area (TPSA) is 109 Å². The highest BCUT2D eigenvalue weighted by molar-refractivity contribution is 5.98. The SMILES string of the molecule is CC(C)(C)C(NC(=O)c1ccc(C(N)=O)cc1)C(=O)O. The van der Waals surface area contributed by atoms with Crippen LogP contribution in [0.25, 0.3) is 0 Å². The second-order valence-electron chi connectivity index (χ2n) is 5.55. The number of benzene rings is 1. The first-order chi connectivity index (χ1) is 9.12. The number of nitrogens with one attached hydrogen (secondary N) is 1. The van der Waals surface area contributed by atoms with Gasteiger partial charge in [-0.15, -0.1) is 0 Å². The van der Waals surface area contributed by atoms with Gasteiger partial charge in [0.25, 0.3) is 5.91 Å². The summed E-state index contributed by atoms with van der Waals surface area (Å²) in [5.74, 6) is -2.20. The minimum absolute atomic E-state index is 0.269. The number of carboxylic acid groups (broad SMARTS) is 1. The molecule has 0 radical (unpaired) electrons. The van der Waals surface area contributed by atoms with Crippen molar-refractivity contribution in [1.29, 1.82) is 0 Å². The first-order valence-electron chi connectivity index (χ1n) is 6.06. The fourth-order valence-corrected chi connectivity index (χ4v) is 1.65. The van der Waals surface area contributed by atoms with E-state index in [0.717, 1.165) is 0 Å². The van der Waals surface area contributed by atoms with E-state index in [2.05, 4.69) is 5.32 Å². The molecule has 2 amide bonds. The van der Waals surface area contributed by atoms with Gasteiger partial charge >= 0.3 is 5.97 Å². The molecule has 0 spiro atoms. The Morgan fingerprint density at radius 2 is 1.55 bits per heavy atom. The largest absolute Gasteiger partial charge is 0.480 e. The first-order valence-corrected chi connectivity index (χ1v) is 6.06. The molecule has 0 aromatic heterocycles. The van der Waals surface area contributed by atoms with Crippen molar-refractivity contribution in [3.8, 4) is 0 Å². The molecule has 1 unspecified atom stereocenters. The Kier molecular flexibility index (Phi) is 4.49. The zero-order valence-corrected chi connectivity index (χ0v) is 11.6. The molecular formula is C14H18N2O4. The predicted molar refractivity (Wildman–Crippen MR) is 73.3 cm³/mol. The van der Waals surface area contributed by atoms with Gasteiger partial charge in [0.15, 0.2) is 0 Å². The number of amides is 2. The van der Waals surface area contributed by atoms with Gasteiger partial charge in [-0.05, 0) is 29.7 Å². The highest BCUT2D eigenvalue weighted by Gasteiger charge is 2.32. The number of carbonyl (C=O) groups excluding carboxylic acids is 2. The Morgan fingerprint density at radius 3 is 1.90 bits per heavy atom. The van der Waals surface area contributed by atoms with Gasteiger partial charge in [0.2, 0.25) is 5.91 Å². The summed E-state index contributed by atoms with van der Waals surface area (Å²) in [5, 5.41) is 11.6. The van der Waals surface area contributed by atoms with Crippen molar-refractivity contribution in [1.82, 2.24) is 5.32 Å². The summed E-state index contributed by atoms with van der Waals surface area (Å²) in [6.45, 7) is 5.17. The molecular weight excluding hydrogens is 260 g/mol. The summed E-state index contributed by atoms with van der Waals surface area (Å²) in [5.41, 5.74) is 5.04. The third-order valence-corrected chi connectivity index (χ3v) is 2.82. The molecule has 0 bridgehead atoms. The minimum atomic E-state index is -1.10. The monoisotopic (exact) mass is 278 g/mol. The Balaban J connectivity index is 2.90. The number of nitrogens with two attached hydrogens (primary N) is 1. The van der Waals surface area contributed by atoms with Crippen LogP contribution in [-0.2, 0) is 4.79 Å². The minimum Gasteiger partial charge on any atom is -0.480 e. The Morgan fingerprint density at radius 1 is 1.10 bits per heavy atom. The van der Waals surface area contributed by atoms with Gasteiger partial charge in [0.05, 0.1) is 0 Å². The van der Waals surface area contributed by atoms with Gasteiger partial charge in [-0.25, -0.2) is 4.79 Å². The summed E-state index contributed by atoms with van der Waals surface area (Å²) in [6.07, 6.45) is 0. The molecule has 1 aromatic carbocycles.